The molecule has 0 unspecified atom stereocenters. The molecule has 6 heteroatoms. The van der Waals surface area contributed by atoms with Crippen molar-refractivity contribution in [2.75, 3.05) is 25.5 Å². The van der Waals surface area contributed by atoms with Crippen molar-refractivity contribution < 1.29 is 9.53 Å². The molecule has 0 saturated carbocycles. The summed E-state index contributed by atoms with van der Waals surface area (Å²) in [4.78, 5) is 18.2. The number of rotatable bonds is 3. The van der Waals surface area contributed by atoms with Gasteiger partial charge in [0.15, 0.2) is 0 Å². The van der Waals surface area contributed by atoms with Crippen LogP contribution in [-0.2, 0) is 0 Å². The Morgan fingerprint density at radius 2 is 2.23 bits per heavy atom. The highest BCUT2D eigenvalue weighted by Gasteiger charge is 2.24. The van der Waals surface area contributed by atoms with Gasteiger partial charge in [-0.2, -0.15) is 11.3 Å². The molecule has 5 nitrogen and oxygen atoms in total. The number of thiophene rings is 1. The second-order valence-corrected chi connectivity index (χ2v) is 6.12. The van der Waals surface area contributed by atoms with Crippen LogP contribution in [0.4, 0.5) is 10.5 Å². The molecule has 1 saturated heterocycles. The molecule has 0 spiro atoms. The number of methoxy groups -OCH3 is 1. The van der Waals surface area contributed by atoms with E-state index in [9.17, 15) is 4.79 Å². The van der Waals surface area contributed by atoms with Crippen molar-refractivity contribution in [1.29, 1.82) is 0 Å². The van der Waals surface area contributed by atoms with Gasteiger partial charge in [0.25, 0.3) is 0 Å². The lowest BCUT2D eigenvalue weighted by Crippen LogP contribution is -2.40. The third-order valence-corrected chi connectivity index (χ3v) is 4.69. The van der Waals surface area contributed by atoms with E-state index in [1.54, 1.807) is 36.8 Å². The Morgan fingerprint density at radius 3 is 2.91 bits per heavy atom. The van der Waals surface area contributed by atoms with Gasteiger partial charge in [-0.25, -0.2) is 9.78 Å². The number of anilines is 1. The van der Waals surface area contributed by atoms with Crippen LogP contribution in [0.15, 0.2) is 35.2 Å². The quantitative estimate of drug-likeness (QED) is 0.941. The molecule has 1 N–H and O–H groups in total. The summed E-state index contributed by atoms with van der Waals surface area (Å²) in [5, 5.41) is 7.23. The van der Waals surface area contributed by atoms with Gasteiger partial charge in [0, 0.05) is 31.0 Å². The van der Waals surface area contributed by atoms with Crippen LogP contribution in [0.5, 0.6) is 5.88 Å². The Kier molecular flexibility index (Phi) is 4.58. The van der Waals surface area contributed by atoms with Crippen molar-refractivity contribution in [1.82, 2.24) is 9.88 Å². The fourth-order valence-electron chi connectivity index (χ4n) is 2.72. The minimum Gasteiger partial charge on any atom is -0.481 e. The van der Waals surface area contributed by atoms with E-state index in [1.165, 1.54) is 5.56 Å². The van der Waals surface area contributed by atoms with Gasteiger partial charge in [0.05, 0.1) is 7.11 Å². The number of hydrogen-bond donors (Lipinski definition) is 1. The maximum Gasteiger partial charge on any atom is 0.321 e. The standard InChI is InChI=1S/C16H19N3O2S/c1-21-15-10-14(2-6-17-15)18-16(20)19-7-3-12(4-8-19)13-5-9-22-11-13/h2,5-6,9-12H,3-4,7-8H2,1H3,(H,17,18,20). The van der Waals surface area contributed by atoms with Crippen molar-refractivity contribution >= 4 is 23.1 Å². The summed E-state index contributed by atoms with van der Waals surface area (Å²) < 4.78 is 5.06. The van der Waals surface area contributed by atoms with E-state index in [0.29, 0.717) is 17.5 Å². The zero-order valence-electron chi connectivity index (χ0n) is 12.5. The maximum absolute atomic E-state index is 12.3. The maximum atomic E-state index is 12.3. The number of pyridine rings is 1. The van der Waals surface area contributed by atoms with Crippen LogP contribution < -0.4 is 10.1 Å². The van der Waals surface area contributed by atoms with E-state index >= 15 is 0 Å². The molecule has 3 heterocycles. The van der Waals surface area contributed by atoms with Crippen molar-refractivity contribution in [3.8, 4) is 5.88 Å². The van der Waals surface area contributed by atoms with Crippen LogP contribution in [-0.4, -0.2) is 36.1 Å². The molecule has 0 bridgehead atoms. The van der Waals surface area contributed by atoms with Gasteiger partial charge >= 0.3 is 6.03 Å². The molecule has 2 amide bonds. The van der Waals surface area contributed by atoms with Crippen LogP contribution >= 0.6 is 11.3 Å². The predicted molar refractivity (Wildman–Crippen MR) is 87.7 cm³/mol. The number of carbonyl (C=O) groups excluding carboxylic acids is 1. The second-order valence-electron chi connectivity index (χ2n) is 5.34. The van der Waals surface area contributed by atoms with Gasteiger partial charge in [-0.3, -0.25) is 0 Å². The first-order valence-corrected chi connectivity index (χ1v) is 8.28. The van der Waals surface area contributed by atoms with Gasteiger partial charge in [0.1, 0.15) is 0 Å². The summed E-state index contributed by atoms with van der Waals surface area (Å²) in [6, 6.07) is 5.61. The van der Waals surface area contributed by atoms with E-state index in [2.05, 4.69) is 27.1 Å². The third kappa shape index (κ3) is 3.39. The Labute approximate surface area is 133 Å². The molecule has 1 aliphatic heterocycles. The minimum atomic E-state index is -0.0583. The second kappa shape index (κ2) is 6.79. The van der Waals surface area contributed by atoms with Crippen LogP contribution in [0, 0.1) is 0 Å². The van der Waals surface area contributed by atoms with Gasteiger partial charge in [0.2, 0.25) is 5.88 Å². The number of aromatic nitrogens is 1. The zero-order valence-corrected chi connectivity index (χ0v) is 13.3. The summed E-state index contributed by atoms with van der Waals surface area (Å²) >= 11 is 1.73. The average molecular weight is 317 g/mol. The van der Waals surface area contributed by atoms with Crippen molar-refractivity contribution in [3.05, 3.63) is 40.7 Å². The lowest BCUT2D eigenvalue weighted by molar-refractivity contribution is 0.194. The molecule has 1 aliphatic rings. The van der Waals surface area contributed by atoms with Crippen LogP contribution in [0.1, 0.15) is 24.3 Å². The van der Waals surface area contributed by atoms with Crippen LogP contribution in [0.2, 0.25) is 0 Å². The molecule has 0 atom stereocenters. The Bertz CT molecular complexity index is 622. The summed E-state index contributed by atoms with van der Waals surface area (Å²) in [5.41, 5.74) is 2.11. The molecule has 0 aliphatic carbocycles. The number of hydrogen-bond acceptors (Lipinski definition) is 4. The number of urea groups is 1. The minimum absolute atomic E-state index is 0.0583. The molecule has 0 aromatic carbocycles. The van der Waals surface area contributed by atoms with E-state index in [4.69, 9.17) is 4.74 Å². The van der Waals surface area contributed by atoms with Gasteiger partial charge in [-0.15, -0.1) is 0 Å². The number of carbonyl (C=O) groups is 1. The van der Waals surface area contributed by atoms with Crippen LogP contribution in [0.3, 0.4) is 0 Å². The Morgan fingerprint density at radius 1 is 1.41 bits per heavy atom. The monoisotopic (exact) mass is 317 g/mol. The Balaban J connectivity index is 1.55. The van der Waals surface area contributed by atoms with Gasteiger partial charge in [-0.05, 0) is 47.2 Å². The average Bonchev–Trinajstić information content (AvgIpc) is 3.09. The third-order valence-electron chi connectivity index (χ3n) is 3.99. The molecule has 3 rings (SSSR count). The topological polar surface area (TPSA) is 54.5 Å². The highest BCUT2D eigenvalue weighted by atomic mass is 32.1. The fraction of sp³-hybridized carbons (Fsp3) is 0.375. The summed E-state index contributed by atoms with van der Waals surface area (Å²) in [7, 11) is 1.56. The van der Waals surface area contributed by atoms with E-state index in [1.807, 2.05) is 4.90 Å². The number of nitrogens with one attached hydrogen (secondary N) is 1. The first kappa shape index (κ1) is 14.8. The largest absolute Gasteiger partial charge is 0.481 e. The van der Waals surface area contributed by atoms with Crippen molar-refractivity contribution in [2.45, 2.75) is 18.8 Å². The molecule has 1 fully saturated rings. The van der Waals surface area contributed by atoms with Gasteiger partial charge in [-0.1, -0.05) is 0 Å². The first-order chi connectivity index (χ1) is 10.8. The molecule has 116 valence electrons. The molecular formula is C16H19N3O2S. The highest BCUT2D eigenvalue weighted by molar-refractivity contribution is 7.07. The first-order valence-electron chi connectivity index (χ1n) is 7.34. The van der Waals surface area contributed by atoms with E-state index in [0.717, 1.165) is 25.9 Å². The molecule has 2 aromatic heterocycles. The summed E-state index contributed by atoms with van der Waals surface area (Å²) in [6.45, 7) is 1.57. The molecule has 0 radical (unpaired) electrons. The van der Waals surface area contributed by atoms with Crippen LogP contribution in [0.25, 0.3) is 0 Å². The molecule has 22 heavy (non-hydrogen) atoms. The van der Waals surface area contributed by atoms with Crippen molar-refractivity contribution in [3.63, 3.8) is 0 Å². The highest BCUT2D eigenvalue weighted by Crippen LogP contribution is 2.29. The summed E-state index contributed by atoms with van der Waals surface area (Å²) in [5.74, 6) is 1.07. The lowest BCUT2D eigenvalue weighted by atomic mass is 9.91. The fourth-order valence-corrected chi connectivity index (χ4v) is 3.47. The number of piperidine rings is 1. The number of ether oxygens (including phenoxy) is 1. The number of amides is 2. The number of likely N-dealkylation sites (tertiary alicyclic amines) is 1. The Hall–Kier alpha value is -2.08. The molecule has 2 aromatic rings. The molecular weight excluding hydrogens is 298 g/mol. The van der Waals surface area contributed by atoms with Crippen molar-refractivity contribution in [2.24, 2.45) is 0 Å². The summed E-state index contributed by atoms with van der Waals surface area (Å²) in [6.07, 6.45) is 3.66. The van der Waals surface area contributed by atoms with Gasteiger partial charge < -0.3 is 15.0 Å². The number of nitrogens with zero attached hydrogens (tertiary/aromatic N) is 2. The van der Waals surface area contributed by atoms with E-state index in [-0.39, 0.29) is 6.03 Å². The zero-order chi connectivity index (χ0) is 15.4. The van der Waals surface area contributed by atoms with E-state index < -0.39 is 0 Å². The predicted octanol–water partition coefficient (Wildman–Crippen LogP) is 3.56. The lowest BCUT2D eigenvalue weighted by Gasteiger charge is -2.31. The smallest absolute Gasteiger partial charge is 0.321 e. The normalized spacial score (nSPS) is 15.6. The SMILES string of the molecule is COc1cc(NC(=O)N2CCC(c3ccsc3)CC2)ccn1.